The van der Waals surface area contributed by atoms with Gasteiger partial charge in [0.1, 0.15) is 11.6 Å². The van der Waals surface area contributed by atoms with E-state index in [1.165, 1.54) is 12.1 Å². The summed E-state index contributed by atoms with van der Waals surface area (Å²) in [5, 5.41) is 4.38. The van der Waals surface area contributed by atoms with Gasteiger partial charge in [0.05, 0.1) is 5.69 Å². The van der Waals surface area contributed by atoms with E-state index in [1.54, 1.807) is 11.0 Å². The third kappa shape index (κ3) is 4.08. The maximum atomic E-state index is 13.9. The van der Waals surface area contributed by atoms with Gasteiger partial charge in [-0.2, -0.15) is 0 Å². The van der Waals surface area contributed by atoms with Gasteiger partial charge in [-0.05, 0) is 57.3 Å². The van der Waals surface area contributed by atoms with Crippen molar-refractivity contribution in [1.29, 1.82) is 0 Å². The molecular formula is C22H24FN3O. The third-order valence-corrected chi connectivity index (χ3v) is 4.22. The molecule has 0 radical (unpaired) electrons. The molecule has 5 heteroatoms. The lowest BCUT2D eigenvalue weighted by molar-refractivity contribution is 0.242. The summed E-state index contributed by atoms with van der Waals surface area (Å²) in [5.41, 5.74) is 1.62. The molecular weight excluding hydrogens is 341 g/mol. The number of amides is 2. The molecule has 0 aliphatic rings. The van der Waals surface area contributed by atoms with Crippen LogP contribution in [-0.2, 0) is 0 Å². The monoisotopic (exact) mass is 365 g/mol. The Morgan fingerprint density at radius 2 is 1.74 bits per heavy atom. The number of nitrogens with zero attached hydrogens (tertiary/aromatic N) is 2. The lowest BCUT2D eigenvalue weighted by Crippen LogP contribution is -2.47. The first kappa shape index (κ1) is 18.8. The highest BCUT2D eigenvalue weighted by Crippen LogP contribution is 2.31. The minimum atomic E-state index is -0.318. The Hall–Kier alpha value is -2.95. The molecule has 0 atom stereocenters. The molecule has 0 saturated carbocycles. The fourth-order valence-electron chi connectivity index (χ4n) is 3.04. The van der Waals surface area contributed by atoms with Crippen LogP contribution < -0.4 is 10.2 Å². The molecule has 3 rings (SSSR count). The van der Waals surface area contributed by atoms with Gasteiger partial charge in [0.15, 0.2) is 0 Å². The van der Waals surface area contributed by atoms with E-state index in [1.807, 2.05) is 64.1 Å². The zero-order chi connectivity index (χ0) is 19.6. The molecule has 2 amide bonds. The van der Waals surface area contributed by atoms with Crippen LogP contribution in [0.1, 0.15) is 27.7 Å². The van der Waals surface area contributed by atoms with Gasteiger partial charge in [0, 0.05) is 23.0 Å². The van der Waals surface area contributed by atoms with E-state index in [2.05, 4.69) is 5.32 Å². The zero-order valence-electron chi connectivity index (χ0n) is 16.0. The van der Waals surface area contributed by atoms with Crippen LogP contribution in [0.3, 0.4) is 0 Å². The standard InChI is InChI=1S/C22H24FN3O/c1-14(2)24-22(27)26(15(3)4)21-19-11-10-18(23)12-17(19)13-20(25-21)16-8-6-5-7-9-16/h5-15H,1-4H3,(H,24,27). The number of fused-ring (bicyclic) bond motifs is 1. The zero-order valence-corrected chi connectivity index (χ0v) is 16.0. The first-order valence-electron chi connectivity index (χ1n) is 9.12. The number of anilines is 1. The molecule has 0 spiro atoms. The molecule has 1 heterocycles. The molecule has 2 aromatic carbocycles. The van der Waals surface area contributed by atoms with Crippen LogP contribution in [0.4, 0.5) is 15.0 Å². The van der Waals surface area contributed by atoms with Crippen molar-refractivity contribution in [1.82, 2.24) is 10.3 Å². The lowest BCUT2D eigenvalue weighted by atomic mass is 10.1. The number of halogens is 1. The summed E-state index contributed by atoms with van der Waals surface area (Å²) in [5.74, 6) is 0.209. The molecule has 0 bridgehead atoms. The van der Waals surface area contributed by atoms with Crippen LogP contribution in [0.2, 0.25) is 0 Å². The Balaban J connectivity index is 2.24. The van der Waals surface area contributed by atoms with Crippen molar-refractivity contribution in [3.63, 3.8) is 0 Å². The summed E-state index contributed by atoms with van der Waals surface area (Å²) in [4.78, 5) is 19.3. The maximum absolute atomic E-state index is 13.9. The number of carbonyl (C=O) groups is 1. The van der Waals surface area contributed by atoms with Crippen molar-refractivity contribution in [2.75, 3.05) is 4.90 Å². The molecule has 0 unspecified atom stereocenters. The van der Waals surface area contributed by atoms with Gasteiger partial charge in [-0.25, -0.2) is 14.2 Å². The molecule has 0 aliphatic heterocycles. The summed E-state index contributed by atoms with van der Waals surface area (Å²) < 4.78 is 13.9. The molecule has 3 aromatic rings. The second-order valence-corrected chi connectivity index (χ2v) is 7.13. The fraction of sp³-hybridized carbons (Fsp3) is 0.273. The number of pyridine rings is 1. The van der Waals surface area contributed by atoms with Gasteiger partial charge in [0.2, 0.25) is 0 Å². The van der Waals surface area contributed by atoms with Crippen LogP contribution in [-0.4, -0.2) is 23.1 Å². The molecule has 140 valence electrons. The SMILES string of the molecule is CC(C)NC(=O)N(c1nc(-c2ccccc2)cc2cc(F)ccc12)C(C)C. The number of benzene rings is 2. The van der Waals surface area contributed by atoms with Gasteiger partial charge < -0.3 is 5.32 Å². The second-order valence-electron chi connectivity index (χ2n) is 7.13. The molecule has 4 nitrogen and oxygen atoms in total. The van der Waals surface area contributed by atoms with E-state index in [-0.39, 0.29) is 23.9 Å². The van der Waals surface area contributed by atoms with Gasteiger partial charge in [-0.1, -0.05) is 30.3 Å². The fourth-order valence-corrected chi connectivity index (χ4v) is 3.04. The summed E-state index contributed by atoms with van der Waals surface area (Å²) in [6.07, 6.45) is 0. The summed E-state index contributed by atoms with van der Waals surface area (Å²) in [6.45, 7) is 7.70. The Labute approximate surface area is 159 Å². The van der Waals surface area contributed by atoms with Crippen molar-refractivity contribution in [3.8, 4) is 11.3 Å². The van der Waals surface area contributed by atoms with E-state index in [4.69, 9.17) is 4.98 Å². The van der Waals surface area contributed by atoms with Gasteiger partial charge in [0.25, 0.3) is 0 Å². The number of carbonyl (C=O) groups excluding carboxylic acids is 1. The van der Waals surface area contributed by atoms with Gasteiger partial charge >= 0.3 is 6.03 Å². The number of nitrogens with one attached hydrogen (secondary N) is 1. The number of rotatable bonds is 4. The van der Waals surface area contributed by atoms with E-state index >= 15 is 0 Å². The molecule has 1 N–H and O–H groups in total. The summed E-state index contributed by atoms with van der Waals surface area (Å²) in [6, 6.07) is 15.8. The minimum Gasteiger partial charge on any atom is -0.335 e. The van der Waals surface area contributed by atoms with Gasteiger partial charge in [-0.15, -0.1) is 0 Å². The molecule has 0 aliphatic carbocycles. The third-order valence-electron chi connectivity index (χ3n) is 4.22. The molecule has 27 heavy (non-hydrogen) atoms. The van der Waals surface area contributed by atoms with E-state index in [0.29, 0.717) is 16.9 Å². The number of hydrogen-bond donors (Lipinski definition) is 1. The number of aromatic nitrogens is 1. The highest BCUT2D eigenvalue weighted by atomic mass is 19.1. The molecule has 0 saturated heterocycles. The second kappa shape index (κ2) is 7.74. The van der Waals surface area contributed by atoms with Crippen LogP contribution in [0.5, 0.6) is 0 Å². The van der Waals surface area contributed by atoms with E-state index < -0.39 is 0 Å². The average molecular weight is 365 g/mol. The first-order valence-corrected chi connectivity index (χ1v) is 9.12. The number of urea groups is 1. The quantitative estimate of drug-likeness (QED) is 0.675. The van der Waals surface area contributed by atoms with Crippen LogP contribution in [0.25, 0.3) is 22.0 Å². The molecule has 1 aromatic heterocycles. The first-order chi connectivity index (χ1) is 12.9. The average Bonchev–Trinajstić information content (AvgIpc) is 2.61. The predicted octanol–water partition coefficient (Wildman–Crippen LogP) is 5.37. The van der Waals surface area contributed by atoms with Crippen molar-refractivity contribution >= 4 is 22.6 Å². The van der Waals surface area contributed by atoms with Crippen LogP contribution >= 0.6 is 0 Å². The highest BCUT2D eigenvalue weighted by molar-refractivity contribution is 6.03. The summed E-state index contributed by atoms with van der Waals surface area (Å²) >= 11 is 0. The predicted molar refractivity (Wildman–Crippen MR) is 108 cm³/mol. The topological polar surface area (TPSA) is 45.2 Å². The van der Waals surface area contributed by atoms with Crippen molar-refractivity contribution < 1.29 is 9.18 Å². The Bertz CT molecular complexity index is 954. The van der Waals surface area contributed by atoms with Crippen molar-refractivity contribution in [2.24, 2.45) is 0 Å². The Morgan fingerprint density at radius 1 is 1.04 bits per heavy atom. The van der Waals surface area contributed by atoms with E-state index in [9.17, 15) is 9.18 Å². The smallest absolute Gasteiger partial charge is 0.323 e. The maximum Gasteiger partial charge on any atom is 0.323 e. The van der Waals surface area contributed by atoms with E-state index in [0.717, 1.165) is 10.9 Å². The van der Waals surface area contributed by atoms with Crippen LogP contribution in [0.15, 0.2) is 54.6 Å². The normalized spacial score (nSPS) is 11.2. The largest absolute Gasteiger partial charge is 0.335 e. The number of hydrogen-bond acceptors (Lipinski definition) is 2. The Kier molecular flexibility index (Phi) is 5.40. The Morgan fingerprint density at radius 3 is 2.37 bits per heavy atom. The lowest BCUT2D eigenvalue weighted by Gasteiger charge is -2.28. The van der Waals surface area contributed by atoms with Crippen molar-refractivity contribution in [3.05, 3.63) is 60.4 Å². The van der Waals surface area contributed by atoms with Gasteiger partial charge in [-0.3, -0.25) is 4.90 Å². The highest BCUT2D eigenvalue weighted by Gasteiger charge is 2.24. The minimum absolute atomic E-state index is 0.000218. The molecule has 0 fully saturated rings. The van der Waals surface area contributed by atoms with Crippen molar-refractivity contribution in [2.45, 2.75) is 39.8 Å². The summed E-state index contributed by atoms with van der Waals surface area (Å²) in [7, 11) is 0. The van der Waals surface area contributed by atoms with Crippen LogP contribution in [0, 0.1) is 5.82 Å².